The monoisotopic (exact) mass is 255 g/mol. The van der Waals surface area contributed by atoms with E-state index in [0.717, 1.165) is 19.4 Å². The average molecular weight is 255 g/mol. The van der Waals surface area contributed by atoms with Crippen molar-refractivity contribution in [2.75, 3.05) is 26.2 Å². The first-order valence-corrected chi connectivity index (χ1v) is 7.10. The van der Waals surface area contributed by atoms with Gasteiger partial charge in [-0.05, 0) is 19.8 Å². The Bertz CT molecular complexity index is 271. The van der Waals surface area contributed by atoms with Crippen LogP contribution in [0.5, 0.6) is 0 Å². The lowest BCUT2D eigenvalue weighted by Gasteiger charge is -2.35. The standard InChI is InChI=1S/C13H25N3O2/c1-10-8-15-12(9-14-10)13(18)16(6-7-17)11-4-2-3-5-11/h10-12,14-15,17H,2-9H2,1H3. The lowest BCUT2D eigenvalue weighted by Crippen LogP contribution is -2.60. The van der Waals surface area contributed by atoms with Crippen molar-refractivity contribution in [2.24, 2.45) is 0 Å². The van der Waals surface area contributed by atoms with Gasteiger partial charge >= 0.3 is 0 Å². The molecular formula is C13H25N3O2. The molecule has 1 aliphatic heterocycles. The predicted octanol–water partition coefficient (Wildman–Crippen LogP) is -0.300. The minimum absolute atomic E-state index is 0.0544. The van der Waals surface area contributed by atoms with Gasteiger partial charge in [-0.3, -0.25) is 4.79 Å². The number of piperazine rings is 1. The van der Waals surface area contributed by atoms with Gasteiger partial charge in [-0.25, -0.2) is 0 Å². The third kappa shape index (κ3) is 3.22. The lowest BCUT2D eigenvalue weighted by molar-refractivity contribution is -0.136. The van der Waals surface area contributed by atoms with Crippen LogP contribution in [-0.4, -0.2) is 60.3 Å². The Morgan fingerprint density at radius 3 is 2.56 bits per heavy atom. The van der Waals surface area contributed by atoms with Crippen LogP contribution in [0, 0.1) is 0 Å². The zero-order chi connectivity index (χ0) is 13.0. The van der Waals surface area contributed by atoms with E-state index < -0.39 is 0 Å². The first-order valence-electron chi connectivity index (χ1n) is 7.10. The van der Waals surface area contributed by atoms with Gasteiger partial charge in [0, 0.05) is 31.7 Å². The van der Waals surface area contributed by atoms with Crippen LogP contribution in [0.25, 0.3) is 0 Å². The van der Waals surface area contributed by atoms with Crippen LogP contribution in [0.2, 0.25) is 0 Å². The van der Waals surface area contributed by atoms with Crippen molar-refractivity contribution in [3.05, 3.63) is 0 Å². The average Bonchev–Trinajstić information content (AvgIpc) is 2.90. The highest BCUT2D eigenvalue weighted by atomic mass is 16.3. The van der Waals surface area contributed by atoms with Crippen molar-refractivity contribution < 1.29 is 9.90 Å². The van der Waals surface area contributed by atoms with Gasteiger partial charge in [0.1, 0.15) is 0 Å². The third-order valence-electron chi connectivity index (χ3n) is 4.03. The summed E-state index contributed by atoms with van der Waals surface area (Å²) in [5.74, 6) is 0.148. The second-order valence-corrected chi connectivity index (χ2v) is 5.46. The molecular weight excluding hydrogens is 230 g/mol. The van der Waals surface area contributed by atoms with Gasteiger partial charge in [0.05, 0.1) is 12.6 Å². The van der Waals surface area contributed by atoms with Gasteiger partial charge in [0.25, 0.3) is 0 Å². The van der Waals surface area contributed by atoms with Crippen LogP contribution in [0.3, 0.4) is 0 Å². The SMILES string of the molecule is CC1CNC(C(=O)N(CCO)C2CCCC2)CN1. The zero-order valence-corrected chi connectivity index (χ0v) is 11.2. The maximum absolute atomic E-state index is 12.5. The fourth-order valence-electron chi connectivity index (χ4n) is 2.95. The van der Waals surface area contributed by atoms with Crippen LogP contribution in [-0.2, 0) is 4.79 Å². The van der Waals surface area contributed by atoms with Gasteiger partial charge in [-0.1, -0.05) is 12.8 Å². The number of hydrogen-bond acceptors (Lipinski definition) is 4. The van der Waals surface area contributed by atoms with Crippen LogP contribution in [0.1, 0.15) is 32.6 Å². The maximum atomic E-state index is 12.5. The number of hydrogen-bond donors (Lipinski definition) is 3. The normalized spacial score (nSPS) is 29.4. The molecule has 2 fully saturated rings. The summed E-state index contributed by atoms with van der Waals surface area (Å²) < 4.78 is 0. The van der Waals surface area contributed by atoms with Crippen molar-refractivity contribution in [1.82, 2.24) is 15.5 Å². The number of carbonyl (C=O) groups is 1. The molecule has 1 heterocycles. The molecule has 104 valence electrons. The predicted molar refractivity (Wildman–Crippen MR) is 70.3 cm³/mol. The minimum Gasteiger partial charge on any atom is -0.395 e. The van der Waals surface area contributed by atoms with Crippen LogP contribution in [0.4, 0.5) is 0 Å². The molecule has 0 bridgehead atoms. The molecule has 5 heteroatoms. The van der Waals surface area contributed by atoms with Gasteiger partial charge in [-0.2, -0.15) is 0 Å². The first-order chi connectivity index (χ1) is 8.72. The smallest absolute Gasteiger partial charge is 0.241 e. The molecule has 2 aliphatic rings. The molecule has 1 saturated heterocycles. The summed E-state index contributed by atoms with van der Waals surface area (Å²) >= 11 is 0. The van der Waals surface area contributed by atoms with E-state index in [1.54, 1.807) is 0 Å². The molecule has 2 atom stereocenters. The Morgan fingerprint density at radius 1 is 1.28 bits per heavy atom. The lowest BCUT2D eigenvalue weighted by atomic mass is 10.1. The molecule has 3 N–H and O–H groups in total. The molecule has 1 amide bonds. The topological polar surface area (TPSA) is 64.6 Å². The second kappa shape index (κ2) is 6.50. The van der Waals surface area contributed by atoms with Gasteiger partial charge in [-0.15, -0.1) is 0 Å². The van der Waals surface area contributed by atoms with Crippen LogP contribution >= 0.6 is 0 Å². The maximum Gasteiger partial charge on any atom is 0.241 e. The summed E-state index contributed by atoms with van der Waals surface area (Å²) in [6.07, 6.45) is 4.57. The van der Waals surface area contributed by atoms with E-state index in [4.69, 9.17) is 5.11 Å². The summed E-state index contributed by atoms with van der Waals surface area (Å²) in [7, 11) is 0. The highest BCUT2D eigenvalue weighted by molar-refractivity contribution is 5.82. The van der Waals surface area contributed by atoms with E-state index in [1.165, 1.54) is 12.8 Å². The Morgan fingerprint density at radius 2 is 2.00 bits per heavy atom. The van der Waals surface area contributed by atoms with Crippen molar-refractivity contribution in [3.63, 3.8) is 0 Å². The van der Waals surface area contributed by atoms with E-state index in [9.17, 15) is 4.79 Å². The molecule has 1 aliphatic carbocycles. The van der Waals surface area contributed by atoms with E-state index >= 15 is 0 Å². The van der Waals surface area contributed by atoms with E-state index in [0.29, 0.717) is 25.2 Å². The number of nitrogens with one attached hydrogen (secondary N) is 2. The van der Waals surface area contributed by atoms with Gasteiger partial charge in [0.15, 0.2) is 0 Å². The Labute approximate surface area is 109 Å². The highest BCUT2D eigenvalue weighted by Crippen LogP contribution is 2.24. The number of aliphatic hydroxyl groups is 1. The molecule has 0 aromatic heterocycles. The van der Waals surface area contributed by atoms with Crippen LogP contribution in [0.15, 0.2) is 0 Å². The fourth-order valence-corrected chi connectivity index (χ4v) is 2.95. The summed E-state index contributed by atoms with van der Waals surface area (Å²) in [6, 6.07) is 0.631. The summed E-state index contributed by atoms with van der Waals surface area (Å²) in [5, 5.41) is 15.8. The Hall–Kier alpha value is -0.650. The third-order valence-corrected chi connectivity index (χ3v) is 4.03. The van der Waals surface area contributed by atoms with E-state index in [2.05, 4.69) is 17.6 Å². The number of aliphatic hydroxyl groups excluding tert-OH is 1. The van der Waals surface area contributed by atoms with Gasteiger partial charge in [0.2, 0.25) is 5.91 Å². The number of amides is 1. The summed E-state index contributed by atoms with van der Waals surface area (Å²) in [6.45, 7) is 4.15. The molecule has 2 rings (SSSR count). The number of nitrogens with zero attached hydrogens (tertiary/aromatic N) is 1. The molecule has 0 radical (unpaired) electrons. The quantitative estimate of drug-likeness (QED) is 0.645. The molecule has 0 spiro atoms. The molecule has 2 unspecified atom stereocenters. The molecule has 0 aromatic rings. The van der Waals surface area contributed by atoms with E-state index in [1.807, 2.05) is 4.90 Å². The second-order valence-electron chi connectivity index (χ2n) is 5.46. The van der Waals surface area contributed by atoms with Gasteiger partial charge < -0.3 is 20.6 Å². The number of rotatable bonds is 4. The van der Waals surface area contributed by atoms with Crippen LogP contribution < -0.4 is 10.6 Å². The molecule has 0 aromatic carbocycles. The van der Waals surface area contributed by atoms with Crippen molar-refractivity contribution in [3.8, 4) is 0 Å². The largest absolute Gasteiger partial charge is 0.395 e. The summed E-state index contributed by atoms with van der Waals surface area (Å²) in [5.41, 5.74) is 0. The van der Waals surface area contributed by atoms with Crippen molar-refractivity contribution >= 4 is 5.91 Å². The Balaban J connectivity index is 1.94. The molecule has 1 saturated carbocycles. The Kier molecular flexibility index (Phi) is 4.97. The molecule has 5 nitrogen and oxygen atoms in total. The van der Waals surface area contributed by atoms with Crippen molar-refractivity contribution in [1.29, 1.82) is 0 Å². The summed E-state index contributed by atoms with van der Waals surface area (Å²) in [4.78, 5) is 14.4. The first kappa shape index (κ1) is 13.8. The fraction of sp³-hybridized carbons (Fsp3) is 0.923. The minimum atomic E-state index is -0.131. The highest BCUT2D eigenvalue weighted by Gasteiger charge is 2.32. The zero-order valence-electron chi connectivity index (χ0n) is 11.2. The van der Waals surface area contributed by atoms with E-state index in [-0.39, 0.29) is 18.6 Å². The number of carbonyl (C=O) groups excluding carboxylic acids is 1. The molecule has 18 heavy (non-hydrogen) atoms. The van der Waals surface area contributed by atoms with Crippen molar-refractivity contribution in [2.45, 2.75) is 50.7 Å².